The first-order chi connectivity index (χ1) is 26.0. The van der Waals surface area contributed by atoms with Gasteiger partial charge >= 0.3 is 5.97 Å². The van der Waals surface area contributed by atoms with Crippen molar-refractivity contribution in [1.82, 2.24) is 30.0 Å². The third kappa shape index (κ3) is 11.0. The van der Waals surface area contributed by atoms with E-state index in [0.29, 0.717) is 28.5 Å². The van der Waals surface area contributed by atoms with Crippen molar-refractivity contribution in [2.75, 3.05) is 10.6 Å². The first-order valence-electron chi connectivity index (χ1n) is 17.7. The normalized spacial score (nSPS) is 11.2. The van der Waals surface area contributed by atoms with Crippen LogP contribution in [0.1, 0.15) is 94.3 Å². The van der Waals surface area contributed by atoms with E-state index >= 15 is 0 Å². The maximum absolute atomic E-state index is 14.1. The van der Waals surface area contributed by atoms with Gasteiger partial charge in [-0.15, -0.1) is 5.10 Å². The van der Waals surface area contributed by atoms with E-state index in [0.717, 1.165) is 35.7 Å². The van der Waals surface area contributed by atoms with Crippen LogP contribution < -0.4 is 16.2 Å². The predicted molar refractivity (Wildman–Crippen MR) is 216 cm³/mol. The Kier molecular flexibility index (Phi) is 15.3. The van der Waals surface area contributed by atoms with E-state index in [1.165, 1.54) is 80.3 Å². The van der Waals surface area contributed by atoms with Crippen LogP contribution in [-0.2, 0) is 4.79 Å². The molecule has 0 aliphatic heterocycles. The SMILES string of the molecule is CCCCCCCCCCCCCC(=O)Nc1ccc(Cl)c(Nc2[nH]n(-c3c(Cl)cc(Cl)cc3Cl)c(=O)c2Sc2nnnn2-c2cccc(C(=O)O)c2)c1. The number of nitrogens with zero attached hydrogens (tertiary/aromatic N) is 5. The van der Waals surface area contributed by atoms with E-state index in [2.05, 4.69) is 38.2 Å². The number of aromatic nitrogens is 6. The predicted octanol–water partition coefficient (Wildman–Crippen LogP) is 11.0. The number of aromatic amines is 1. The van der Waals surface area contributed by atoms with E-state index in [1.807, 2.05) is 0 Å². The quantitative estimate of drug-likeness (QED) is 0.0560. The summed E-state index contributed by atoms with van der Waals surface area (Å²) in [4.78, 5) is 38.7. The number of benzene rings is 3. The summed E-state index contributed by atoms with van der Waals surface area (Å²) in [6.45, 7) is 2.23. The number of hydrogen-bond donors (Lipinski definition) is 4. The molecule has 0 fully saturated rings. The lowest BCUT2D eigenvalue weighted by atomic mass is 10.1. The van der Waals surface area contributed by atoms with E-state index in [4.69, 9.17) is 46.4 Å². The fourth-order valence-corrected chi connectivity index (χ4v) is 7.80. The summed E-state index contributed by atoms with van der Waals surface area (Å²) in [5.74, 6) is -1.06. The third-order valence-electron chi connectivity index (χ3n) is 8.54. The Morgan fingerprint density at radius 1 is 0.852 bits per heavy atom. The highest BCUT2D eigenvalue weighted by Crippen LogP contribution is 2.37. The number of anilines is 3. The number of aromatic carboxylic acids is 1. The molecule has 54 heavy (non-hydrogen) atoms. The standard InChI is InChI=1S/C37H40Cl4N8O4S/c1-2-3-4-5-6-7-8-9-10-11-12-16-31(50)42-25-17-18-27(39)30(22-25)43-34-33(35(51)49(45-34)32-28(40)20-24(38)21-29(32)41)54-37-44-46-47-48(37)26-15-13-14-23(19-26)36(52)53/h13-15,17-22,43,45H,2-12,16H2,1H3,(H,42,50)(H,52,53). The van der Waals surface area contributed by atoms with Gasteiger partial charge < -0.3 is 15.7 Å². The van der Waals surface area contributed by atoms with Crippen molar-refractivity contribution in [1.29, 1.82) is 0 Å². The van der Waals surface area contributed by atoms with E-state index in [-0.39, 0.29) is 48.1 Å². The number of tetrazole rings is 1. The van der Waals surface area contributed by atoms with Crippen LogP contribution in [0, 0.1) is 0 Å². The first-order valence-corrected chi connectivity index (χ1v) is 20.0. The smallest absolute Gasteiger partial charge is 0.335 e. The summed E-state index contributed by atoms with van der Waals surface area (Å²) in [7, 11) is 0. The number of halogens is 4. The second-order valence-electron chi connectivity index (χ2n) is 12.7. The van der Waals surface area contributed by atoms with Gasteiger partial charge in [0, 0.05) is 17.1 Å². The molecule has 5 aromatic rings. The lowest BCUT2D eigenvalue weighted by Gasteiger charge is -2.12. The number of carboxylic acid groups (broad SMARTS) is 1. The molecule has 0 aliphatic rings. The van der Waals surface area contributed by atoms with Crippen LogP contribution in [0.2, 0.25) is 20.1 Å². The molecule has 0 unspecified atom stereocenters. The Balaban J connectivity index is 1.33. The minimum atomic E-state index is -1.12. The van der Waals surface area contributed by atoms with Crippen molar-refractivity contribution in [3.8, 4) is 11.4 Å². The van der Waals surface area contributed by atoms with Gasteiger partial charge in [0.15, 0.2) is 0 Å². The van der Waals surface area contributed by atoms with Crippen LogP contribution in [0.3, 0.4) is 0 Å². The molecule has 0 spiro atoms. The summed E-state index contributed by atoms with van der Waals surface area (Å²) in [6, 6.07) is 13.9. The Morgan fingerprint density at radius 3 is 2.19 bits per heavy atom. The zero-order valence-electron chi connectivity index (χ0n) is 29.5. The summed E-state index contributed by atoms with van der Waals surface area (Å²) < 4.78 is 2.46. The minimum Gasteiger partial charge on any atom is -0.478 e. The molecular weight excluding hydrogens is 794 g/mol. The van der Waals surface area contributed by atoms with Crippen molar-refractivity contribution < 1.29 is 14.7 Å². The molecule has 2 heterocycles. The molecule has 0 aliphatic carbocycles. The Hall–Kier alpha value is -4.01. The highest BCUT2D eigenvalue weighted by Gasteiger charge is 2.24. The van der Waals surface area contributed by atoms with Crippen molar-refractivity contribution in [3.63, 3.8) is 0 Å². The number of nitrogens with one attached hydrogen (secondary N) is 3. The summed E-state index contributed by atoms with van der Waals surface area (Å²) in [5, 5.41) is 31.5. The number of hydrogen-bond acceptors (Lipinski definition) is 8. The van der Waals surface area contributed by atoms with E-state index in [1.54, 1.807) is 30.3 Å². The van der Waals surface area contributed by atoms with Gasteiger partial charge in [-0.25, -0.2) is 9.48 Å². The van der Waals surface area contributed by atoms with Crippen LogP contribution in [-0.4, -0.2) is 47.0 Å². The molecule has 17 heteroatoms. The maximum atomic E-state index is 14.1. The number of carbonyl (C=O) groups excluding carboxylic acids is 1. The van der Waals surface area contributed by atoms with Gasteiger partial charge in [-0.3, -0.25) is 14.7 Å². The number of carbonyl (C=O) groups is 2. The lowest BCUT2D eigenvalue weighted by molar-refractivity contribution is -0.116. The Bertz CT molecular complexity index is 2110. The van der Waals surface area contributed by atoms with Gasteiger partial charge in [-0.05, 0) is 77.1 Å². The van der Waals surface area contributed by atoms with Crippen molar-refractivity contribution in [2.45, 2.75) is 94.0 Å². The molecule has 0 saturated carbocycles. The van der Waals surface area contributed by atoms with Gasteiger partial charge in [0.1, 0.15) is 16.4 Å². The van der Waals surface area contributed by atoms with Gasteiger partial charge in [-0.2, -0.15) is 4.68 Å². The van der Waals surface area contributed by atoms with E-state index in [9.17, 15) is 19.5 Å². The van der Waals surface area contributed by atoms with Crippen molar-refractivity contribution >= 4 is 87.2 Å². The average molecular weight is 835 g/mol. The maximum Gasteiger partial charge on any atom is 0.335 e. The number of rotatable bonds is 20. The summed E-state index contributed by atoms with van der Waals surface area (Å²) in [6.07, 6.45) is 13.6. The lowest BCUT2D eigenvalue weighted by Crippen LogP contribution is -2.16. The first kappa shape index (κ1) is 41.2. The van der Waals surface area contributed by atoms with Gasteiger partial charge in [0.2, 0.25) is 11.1 Å². The Morgan fingerprint density at radius 2 is 1.52 bits per heavy atom. The number of unbranched alkanes of at least 4 members (excludes halogenated alkanes) is 10. The highest BCUT2D eigenvalue weighted by atomic mass is 35.5. The van der Waals surface area contributed by atoms with Gasteiger partial charge in [-0.1, -0.05) is 124 Å². The molecule has 0 radical (unpaired) electrons. The topological polar surface area (TPSA) is 160 Å². The highest BCUT2D eigenvalue weighted by molar-refractivity contribution is 7.99. The molecule has 12 nitrogen and oxygen atoms in total. The molecule has 4 N–H and O–H groups in total. The van der Waals surface area contributed by atoms with Gasteiger partial charge in [0.05, 0.1) is 32.0 Å². The van der Waals surface area contributed by atoms with Crippen LogP contribution in [0.25, 0.3) is 11.4 Å². The fourth-order valence-electron chi connectivity index (χ4n) is 5.78. The number of carboxylic acids is 1. The van der Waals surface area contributed by atoms with Gasteiger partial charge in [0.25, 0.3) is 5.56 Å². The number of amides is 1. The summed E-state index contributed by atoms with van der Waals surface area (Å²) in [5.41, 5.74) is 0.841. The summed E-state index contributed by atoms with van der Waals surface area (Å²) >= 11 is 26.7. The molecule has 3 aromatic carbocycles. The van der Waals surface area contributed by atoms with Crippen molar-refractivity contribution in [2.24, 2.45) is 0 Å². The second-order valence-corrected chi connectivity index (χ2v) is 15.3. The molecule has 0 bridgehead atoms. The van der Waals surface area contributed by atoms with Crippen LogP contribution in [0.4, 0.5) is 17.2 Å². The molecule has 286 valence electrons. The second kappa shape index (κ2) is 20.1. The molecule has 0 saturated heterocycles. The fraction of sp³-hybridized carbons (Fsp3) is 0.351. The zero-order chi connectivity index (χ0) is 38.6. The molecule has 5 rings (SSSR count). The van der Waals surface area contributed by atoms with E-state index < -0.39 is 11.5 Å². The molecule has 0 atom stereocenters. The third-order valence-corrected chi connectivity index (χ3v) is 10.7. The van der Waals surface area contributed by atoms with Crippen LogP contribution in [0.5, 0.6) is 0 Å². The molecular formula is C37H40Cl4N8O4S. The van der Waals surface area contributed by atoms with Crippen LogP contribution >= 0.6 is 58.2 Å². The van der Waals surface area contributed by atoms with Crippen LogP contribution in [0.15, 0.2) is 69.4 Å². The largest absolute Gasteiger partial charge is 0.478 e. The minimum absolute atomic E-state index is 0.0257. The zero-order valence-corrected chi connectivity index (χ0v) is 33.3. The molecule has 1 amide bonds. The monoisotopic (exact) mass is 832 g/mol. The average Bonchev–Trinajstić information content (AvgIpc) is 3.72. The Labute approximate surface area is 336 Å². The molecule has 2 aromatic heterocycles. The number of H-pyrrole nitrogens is 1. The van der Waals surface area contributed by atoms with Crippen molar-refractivity contribution in [3.05, 3.63) is 90.6 Å².